The Morgan fingerprint density at radius 1 is 0.629 bits per heavy atom. The van der Waals surface area contributed by atoms with Gasteiger partial charge in [-0.2, -0.15) is 83.4 Å². The van der Waals surface area contributed by atoms with E-state index in [1.165, 1.54) is 9.47 Å². The molecular formula is C10F19N3O3. The zero-order chi connectivity index (χ0) is 28.9. The fraction of sp³-hybridized carbons (Fsp3) is 0.900. The highest BCUT2D eigenvalue weighted by Gasteiger charge is 2.89. The van der Waals surface area contributed by atoms with E-state index in [0.717, 1.165) is 4.91 Å². The zero-order valence-corrected chi connectivity index (χ0v) is 14.7. The van der Waals surface area contributed by atoms with Gasteiger partial charge in [-0.25, -0.2) is 0 Å². The number of hydrogen-bond acceptors (Lipinski definition) is 4. The van der Waals surface area contributed by atoms with Crippen molar-refractivity contribution >= 4 is 6.04 Å². The van der Waals surface area contributed by atoms with Gasteiger partial charge in [-0.1, -0.05) is 0 Å². The first kappa shape index (κ1) is 32.6. The molecule has 0 aromatic heterocycles. The summed E-state index contributed by atoms with van der Waals surface area (Å²) in [5.74, 6) is -32.5. The van der Waals surface area contributed by atoms with Crippen LogP contribution in [0, 0.1) is 0 Å². The average molecular weight is 571 g/mol. The van der Waals surface area contributed by atoms with Crippen molar-refractivity contribution in [1.82, 2.24) is 0 Å². The van der Waals surface area contributed by atoms with Gasteiger partial charge in [-0.3, -0.25) is 14.3 Å². The third kappa shape index (κ3) is 5.10. The zero-order valence-electron chi connectivity index (χ0n) is 14.7. The second-order valence-electron chi connectivity index (χ2n) is 5.58. The van der Waals surface area contributed by atoms with Gasteiger partial charge in [0.05, 0.1) is 0 Å². The molecular weight excluding hydrogens is 571 g/mol. The van der Waals surface area contributed by atoms with Crippen LogP contribution in [0.25, 0.3) is 10.4 Å². The molecule has 35 heavy (non-hydrogen) atoms. The molecule has 0 N–H and O–H groups in total. The van der Waals surface area contributed by atoms with Crippen LogP contribution in [0.2, 0.25) is 0 Å². The molecule has 0 amide bonds. The lowest BCUT2D eigenvalue weighted by molar-refractivity contribution is -0.550. The number of halogens is 19. The van der Waals surface area contributed by atoms with Gasteiger partial charge >= 0.3 is 60.2 Å². The molecule has 0 rings (SSSR count). The summed E-state index contributed by atoms with van der Waals surface area (Å²) in [5, 5.41) is 0.529. The maximum Gasteiger partial charge on any atom is 0.459 e. The van der Waals surface area contributed by atoms with E-state index in [1.807, 2.05) is 0 Å². The Morgan fingerprint density at radius 3 is 1.26 bits per heavy atom. The Kier molecular flexibility index (Phi) is 8.00. The Hall–Kier alpha value is -2.43. The molecule has 0 aliphatic rings. The van der Waals surface area contributed by atoms with Gasteiger partial charge in [0.1, 0.15) is 0 Å². The van der Waals surface area contributed by atoms with E-state index in [4.69, 9.17) is 5.53 Å². The molecule has 6 nitrogen and oxygen atoms in total. The van der Waals surface area contributed by atoms with Gasteiger partial charge in [0.25, 0.3) is 0 Å². The Labute approximate surface area is 175 Å². The van der Waals surface area contributed by atoms with Crippen molar-refractivity contribution in [2.24, 2.45) is 5.11 Å². The fourth-order valence-corrected chi connectivity index (χ4v) is 1.54. The van der Waals surface area contributed by atoms with E-state index >= 15 is 0 Å². The Bertz CT molecular complexity index is 860. The van der Waals surface area contributed by atoms with Gasteiger partial charge in [-0.15, -0.1) is 0 Å². The Balaban J connectivity index is 7.30. The van der Waals surface area contributed by atoms with Crippen LogP contribution in [0.3, 0.4) is 0 Å². The lowest BCUT2D eigenvalue weighted by Gasteiger charge is -2.43. The van der Waals surface area contributed by atoms with Crippen LogP contribution in [-0.4, -0.2) is 60.2 Å². The maximum atomic E-state index is 14.0. The topological polar surface area (TPSA) is 84.3 Å². The van der Waals surface area contributed by atoms with Gasteiger partial charge < -0.3 is 0 Å². The van der Waals surface area contributed by atoms with E-state index < -0.39 is 60.2 Å². The summed E-state index contributed by atoms with van der Waals surface area (Å²) in [6.07, 6.45) is -32.3. The molecule has 0 spiro atoms. The summed E-state index contributed by atoms with van der Waals surface area (Å²) in [4.78, 5) is 10.7. The summed E-state index contributed by atoms with van der Waals surface area (Å²) in [6.45, 7) is 0. The SMILES string of the molecule is [N-]=[N+]=NC(F)(F)C(F)(F)C(F)(OC(F)(C(F)(F)F)C(F)(F)OC(F)(C(=O)F)C(F)(F)F)C(F)(F)F. The lowest BCUT2D eigenvalue weighted by atomic mass is 10.1. The quantitative estimate of drug-likeness (QED) is 0.0810. The normalized spacial score (nSPS) is 19.7. The molecule has 3 unspecified atom stereocenters. The minimum Gasteiger partial charge on any atom is -0.282 e. The van der Waals surface area contributed by atoms with E-state index in [2.05, 4.69) is 0 Å². The van der Waals surface area contributed by atoms with Crippen molar-refractivity contribution in [3.63, 3.8) is 0 Å². The van der Waals surface area contributed by atoms with Crippen LogP contribution >= 0.6 is 0 Å². The molecule has 0 aromatic rings. The highest BCUT2D eigenvalue weighted by Crippen LogP contribution is 2.60. The number of nitrogens with zero attached hydrogens (tertiary/aromatic N) is 3. The van der Waals surface area contributed by atoms with Crippen LogP contribution in [0.1, 0.15) is 0 Å². The van der Waals surface area contributed by atoms with E-state index in [-0.39, 0.29) is 0 Å². The molecule has 0 fully saturated rings. The van der Waals surface area contributed by atoms with Crippen LogP contribution < -0.4 is 0 Å². The van der Waals surface area contributed by atoms with Crippen molar-refractivity contribution in [1.29, 1.82) is 0 Å². The summed E-state index contributed by atoms with van der Waals surface area (Å²) in [5.41, 5.74) is 7.57. The van der Waals surface area contributed by atoms with Gasteiger partial charge in [0.15, 0.2) is 0 Å². The van der Waals surface area contributed by atoms with Crippen LogP contribution in [0.4, 0.5) is 83.4 Å². The highest BCUT2D eigenvalue weighted by molar-refractivity contribution is 5.77. The van der Waals surface area contributed by atoms with Crippen LogP contribution in [0.5, 0.6) is 0 Å². The van der Waals surface area contributed by atoms with Crippen LogP contribution in [-0.2, 0) is 14.3 Å². The van der Waals surface area contributed by atoms with Crippen molar-refractivity contribution in [2.75, 3.05) is 0 Å². The first-order chi connectivity index (χ1) is 14.9. The third-order valence-electron chi connectivity index (χ3n) is 3.22. The number of ether oxygens (including phenoxy) is 2. The minimum absolute atomic E-state index is 0.529. The van der Waals surface area contributed by atoms with Crippen molar-refractivity contribution in [3.8, 4) is 0 Å². The van der Waals surface area contributed by atoms with Crippen molar-refractivity contribution < 1.29 is 97.7 Å². The summed E-state index contributed by atoms with van der Waals surface area (Å²) in [7, 11) is 0. The third-order valence-corrected chi connectivity index (χ3v) is 3.22. The smallest absolute Gasteiger partial charge is 0.282 e. The number of carbonyl (C=O) groups excluding carboxylic acids is 1. The van der Waals surface area contributed by atoms with E-state index in [0.29, 0.717) is 5.11 Å². The molecule has 0 aliphatic carbocycles. The molecule has 0 radical (unpaired) electrons. The van der Waals surface area contributed by atoms with E-state index in [9.17, 15) is 88.2 Å². The fourth-order valence-electron chi connectivity index (χ4n) is 1.54. The average Bonchev–Trinajstić information content (AvgIpc) is 2.57. The predicted molar refractivity (Wildman–Crippen MR) is 62.0 cm³/mol. The molecule has 0 saturated carbocycles. The van der Waals surface area contributed by atoms with Crippen molar-refractivity contribution in [3.05, 3.63) is 10.4 Å². The number of azide groups is 1. The molecule has 3 atom stereocenters. The largest absolute Gasteiger partial charge is 0.459 e. The summed E-state index contributed by atoms with van der Waals surface area (Å²) in [6, 6.07) is -12.2. The number of rotatable bonds is 9. The van der Waals surface area contributed by atoms with Crippen LogP contribution in [0.15, 0.2) is 5.11 Å². The summed E-state index contributed by atoms with van der Waals surface area (Å²) < 4.78 is 249. The van der Waals surface area contributed by atoms with Gasteiger partial charge in [0, 0.05) is 4.91 Å². The molecule has 0 saturated heterocycles. The predicted octanol–water partition coefficient (Wildman–Crippen LogP) is 6.33. The first-order valence-corrected chi connectivity index (χ1v) is 6.98. The Morgan fingerprint density at radius 2 is 1.00 bits per heavy atom. The number of alkyl halides is 18. The minimum atomic E-state index is -8.50. The molecule has 0 aliphatic heterocycles. The second-order valence-corrected chi connectivity index (χ2v) is 5.58. The maximum absolute atomic E-state index is 14.0. The molecule has 25 heteroatoms. The van der Waals surface area contributed by atoms with E-state index in [1.54, 1.807) is 0 Å². The monoisotopic (exact) mass is 571 g/mol. The molecule has 206 valence electrons. The van der Waals surface area contributed by atoms with Gasteiger partial charge in [0.2, 0.25) is 0 Å². The molecule has 0 bridgehead atoms. The highest BCUT2D eigenvalue weighted by atomic mass is 19.4. The standard InChI is InChI=1S/C10F19N3O3/c11-1(33)2(12,6(17,18)19)34-10(28,29)5(16,8(23,24)25)35-4(15,7(20,21)22)3(13,14)9(26,27)31-32-30. The number of carbonyl (C=O) groups is 1. The first-order valence-electron chi connectivity index (χ1n) is 6.98. The second kappa shape index (κ2) is 8.60. The molecule has 0 heterocycles. The number of hydrogen-bond donors (Lipinski definition) is 0. The van der Waals surface area contributed by atoms with Gasteiger partial charge in [-0.05, 0) is 10.6 Å². The molecule has 0 aromatic carbocycles. The summed E-state index contributed by atoms with van der Waals surface area (Å²) >= 11 is 0. The lowest BCUT2D eigenvalue weighted by Crippen LogP contribution is -2.72. The van der Waals surface area contributed by atoms with Crippen molar-refractivity contribution in [2.45, 2.75) is 54.2 Å².